The number of carbonyl (C=O) groups excluding carboxylic acids is 1. The summed E-state index contributed by atoms with van der Waals surface area (Å²) in [5, 5.41) is 3.16. The summed E-state index contributed by atoms with van der Waals surface area (Å²) in [5.41, 5.74) is 0.979. The van der Waals surface area contributed by atoms with Crippen molar-refractivity contribution in [1.29, 1.82) is 0 Å². The van der Waals surface area contributed by atoms with E-state index in [0.29, 0.717) is 10.8 Å². The average molecular weight is 383 g/mol. The van der Waals surface area contributed by atoms with Crippen LogP contribution in [0.1, 0.15) is 5.56 Å². The van der Waals surface area contributed by atoms with Crippen molar-refractivity contribution in [3.8, 4) is 5.75 Å². The van der Waals surface area contributed by atoms with Crippen molar-refractivity contribution >= 4 is 27.5 Å². The molecule has 2 rings (SSSR count). The first-order valence-electron chi connectivity index (χ1n) is 7.58. The van der Waals surface area contributed by atoms with Gasteiger partial charge in [0.25, 0.3) is 5.91 Å². The van der Waals surface area contributed by atoms with Crippen LogP contribution in [-0.4, -0.2) is 34.0 Å². The molecule has 0 aliphatic carbocycles. The quantitative estimate of drug-likeness (QED) is 0.685. The van der Waals surface area contributed by atoms with Crippen LogP contribution in [0.4, 0.5) is 0 Å². The Bertz CT molecular complexity index is 806. The molecule has 0 aliphatic heterocycles. The highest BCUT2D eigenvalue weighted by atomic mass is 35.5. The van der Waals surface area contributed by atoms with Gasteiger partial charge in [0.05, 0.1) is 4.90 Å². The zero-order chi connectivity index (χ0) is 18.3. The van der Waals surface area contributed by atoms with Gasteiger partial charge in [-0.15, -0.1) is 0 Å². The number of benzene rings is 2. The second-order valence-corrected chi connectivity index (χ2v) is 7.51. The van der Waals surface area contributed by atoms with Crippen LogP contribution in [0.2, 0.25) is 5.02 Å². The van der Waals surface area contributed by atoms with Gasteiger partial charge >= 0.3 is 0 Å². The molecule has 134 valence electrons. The molecule has 2 aromatic carbocycles. The zero-order valence-corrected chi connectivity index (χ0v) is 15.2. The number of nitrogens with one attached hydrogen (secondary N) is 2. The molecular formula is C17H19ClN2O4S. The van der Waals surface area contributed by atoms with Gasteiger partial charge in [-0.3, -0.25) is 4.79 Å². The molecule has 2 N–H and O–H groups in total. The van der Waals surface area contributed by atoms with Crippen LogP contribution in [0, 0.1) is 6.92 Å². The third-order valence-electron chi connectivity index (χ3n) is 3.25. The molecule has 0 heterocycles. The van der Waals surface area contributed by atoms with Crippen molar-refractivity contribution in [3.63, 3.8) is 0 Å². The molecule has 2 aromatic rings. The monoisotopic (exact) mass is 382 g/mol. The predicted molar refractivity (Wildman–Crippen MR) is 96.3 cm³/mol. The second kappa shape index (κ2) is 8.84. The topological polar surface area (TPSA) is 84.5 Å². The lowest BCUT2D eigenvalue weighted by molar-refractivity contribution is -0.123. The molecule has 6 nitrogen and oxygen atoms in total. The van der Waals surface area contributed by atoms with Crippen molar-refractivity contribution < 1.29 is 17.9 Å². The molecule has 25 heavy (non-hydrogen) atoms. The summed E-state index contributed by atoms with van der Waals surface area (Å²) < 4.78 is 31.9. The van der Waals surface area contributed by atoms with Gasteiger partial charge in [-0.25, -0.2) is 13.1 Å². The van der Waals surface area contributed by atoms with Crippen LogP contribution in [0.3, 0.4) is 0 Å². The number of hydrogen-bond acceptors (Lipinski definition) is 4. The fourth-order valence-corrected chi connectivity index (χ4v) is 3.08. The molecule has 0 radical (unpaired) electrons. The van der Waals surface area contributed by atoms with E-state index in [1.807, 2.05) is 6.92 Å². The van der Waals surface area contributed by atoms with Crippen molar-refractivity contribution in [1.82, 2.24) is 10.0 Å². The van der Waals surface area contributed by atoms with E-state index in [-0.39, 0.29) is 30.5 Å². The van der Waals surface area contributed by atoms with Gasteiger partial charge in [0.1, 0.15) is 5.75 Å². The zero-order valence-electron chi connectivity index (χ0n) is 13.7. The lowest BCUT2D eigenvalue weighted by Crippen LogP contribution is -2.36. The van der Waals surface area contributed by atoms with Crippen molar-refractivity contribution in [2.24, 2.45) is 0 Å². The highest BCUT2D eigenvalue weighted by molar-refractivity contribution is 7.89. The van der Waals surface area contributed by atoms with Gasteiger partial charge in [0.15, 0.2) is 6.61 Å². The Labute approximate surface area is 152 Å². The number of hydrogen-bond donors (Lipinski definition) is 2. The third kappa shape index (κ3) is 6.38. The van der Waals surface area contributed by atoms with Gasteiger partial charge < -0.3 is 10.1 Å². The fourth-order valence-electron chi connectivity index (χ4n) is 1.92. The summed E-state index contributed by atoms with van der Waals surface area (Å²) in [7, 11) is -3.58. The number of aryl methyl sites for hydroxylation is 1. The summed E-state index contributed by atoms with van der Waals surface area (Å²) in [6, 6.07) is 13.2. The Morgan fingerprint density at radius 2 is 1.68 bits per heavy atom. The molecule has 0 aromatic heterocycles. The van der Waals surface area contributed by atoms with E-state index in [9.17, 15) is 13.2 Å². The van der Waals surface area contributed by atoms with E-state index in [1.54, 1.807) is 36.4 Å². The summed E-state index contributed by atoms with van der Waals surface area (Å²) in [6.07, 6.45) is 0. The minimum atomic E-state index is -3.58. The van der Waals surface area contributed by atoms with Crippen LogP contribution in [0.5, 0.6) is 5.75 Å². The normalized spacial score (nSPS) is 11.1. The van der Waals surface area contributed by atoms with Crippen LogP contribution in [-0.2, 0) is 14.8 Å². The van der Waals surface area contributed by atoms with Crippen LogP contribution >= 0.6 is 11.6 Å². The fraction of sp³-hybridized carbons (Fsp3) is 0.235. The SMILES string of the molecule is Cc1ccc(S(=O)(=O)NCCNC(=O)COc2ccc(Cl)cc2)cc1. The number of halogens is 1. The Morgan fingerprint density at radius 3 is 2.32 bits per heavy atom. The molecule has 0 saturated carbocycles. The van der Waals surface area contributed by atoms with E-state index in [0.717, 1.165) is 5.56 Å². The van der Waals surface area contributed by atoms with E-state index >= 15 is 0 Å². The summed E-state index contributed by atoms with van der Waals surface area (Å²) in [4.78, 5) is 11.9. The molecule has 0 spiro atoms. The lowest BCUT2D eigenvalue weighted by atomic mass is 10.2. The molecule has 8 heteroatoms. The van der Waals surface area contributed by atoms with E-state index in [4.69, 9.17) is 16.3 Å². The first-order valence-corrected chi connectivity index (χ1v) is 9.44. The molecule has 0 atom stereocenters. The van der Waals surface area contributed by atoms with Gasteiger partial charge in [-0.2, -0.15) is 0 Å². The molecule has 1 amide bonds. The second-order valence-electron chi connectivity index (χ2n) is 5.30. The molecule has 0 fully saturated rings. The van der Waals surface area contributed by atoms with Crippen molar-refractivity contribution in [2.45, 2.75) is 11.8 Å². The first-order chi connectivity index (χ1) is 11.9. The number of ether oxygens (including phenoxy) is 1. The molecule has 0 unspecified atom stereocenters. The maximum atomic E-state index is 12.1. The average Bonchev–Trinajstić information content (AvgIpc) is 2.59. The Kier molecular flexibility index (Phi) is 6.81. The largest absolute Gasteiger partial charge is 0.484 e. The summed E-state index contributed by atoms with van der Waals surface area (Å²) >= 11 is 5.76. The number of rotatable bonds is 8. The third-order valence-corrected chi connectivity index (χ3v) is 4.98. The number of carbonyl (C=O) groups is 1. The van der Waals surface area contributed by atoms with Crippen LogP contribution < -0.4 is 14.8 Å². The maximum Gasteiger partial charge on any atom is 0.257 e. The van der Waals surface area contributed by atoms with Gasteiger partial charge in [-0.05, 0) is 43.3 Å². The smallest absolute Gasteiger partial charge is 0.257 e. The minimum absolute atomic E-state index is 0.0862. The molecular weight excluding hydrogens is 364 g/mol. The van der Waals surface area contributed by atoms with Crippen molar-refractivity contribution in [2.75, 3.05) is 19.7 Å². The number of sulfonamides is 1. The van der Waals surface area contributed by atoms with Crippen LogP contribution in [0.25, 0.3) is 0 Å². The maximum absolute atomic E-state index is 12.1. The predicted octanol–water partition coefficient (Wildman–Crippen LogP) is 2.12. The van der Waals surface area contributed by atoms with Gasteiger partial charge in [0, 0.05) is 18.1 Å². The number of amides is 1. The van der Waals surface area contributed by atoms with E-state index in [2.05, 4.69) is 10.0 Å². The van der Waals surface area contributed by atoms with Crippen molar-refractivity contribution in [3.05, 3.63) is 59.1 Å². The minimum Gasteiger partial charge on any atom is -0.484 e. The Balaban J connectivity index is 1.70. The first kappa shape index (κ1) is 19.2. The Hall–Kier alpha value is -2.09. The van der Waals surface area contributed by atoms with Crippen LogP contribution in [0.15, 0.2) is 53.4 Å². The van der Waals surface area contributed by atoms with Gasteiger partial charge in [0.2, 0.25) is 10.0 Å². The Morgan fingerprint density at radius 1 is 1.04 bits per heavy atom. The summed E-state index contributed by atoms with van der Waals surface area (Å²) in [6.45, 7) is 1.97. The van der Waals surface area contributed by atoms with E-state index < -0.39 is 10.0 Å². The molecule has 0 aliphatic rings. The lowest BCUT2D eigenvalue weighted by Gasteiger charge is -2.09. The molecule has 0 saturated heterocycles. The van der Waals surface area contributed by atoms with Gasteiger partial charge in [-0.1, -0.05) is 29.3 Å². The highest BCUT2D eigenvalue weighted by Gasteiger charge is 2.12. The van der Waals surface area contributed by atoms with E-state index in [1.165, 1.54) is 12.1 Å². The highest BCUT2D eigenvalue weighted by Crippen LogP contribution is 2.15. The standard InChI is InChI=1S/C17H19ClN2O4S/c1-13-2-8-16(9-3-13)25(22,23)20-11-10-19-17(21)12-24-15-6-4-14(18)5-7-15/h2-9,20H,10-12H2,1H3,(H,19,21). The molecule has 0 bridgehead atoms. The summed E-state index contributed by atoms with van der Waals surface area (Å²) in [5.74, 6) is 0.184.